The number of aromatic nitrogens is 4. The molecule has 0 spiro atoms. The first-order valence-electron chi connectivity index (χ1n) is 14.9. The lowest BCUT2D eigenvalue weighted by atomic mass is 10.1. The predicted octanol–water partition coefficient (Wildman–Crippen LogP) is 5.05. The Morgan fingerprint density at radius 3 is 2.33 bits per heavy atom. The quantitative estimate of drug-likeness (QED) is 0.233. The number of benzene rings is 3. The molecule has 0 radical (unpaired) electrons. The van der Waals surface area contributed by atoms with Crippen molar-refractivity contribution in [2.45, 2.75) is 18.4 Å². The van der Waals surface area contributed by atoms with Crippen molar-refractivity contribution < 1.29 is 14.2 Å². The Balaban J connectivity index is 0.961. The number of halogens is 2. The van der Waals surface area contributed by atoms with Gasteiger partial charge in [0.25, 0.3) is 0 Å². The van der Waals surface area contributed by atoms with E-state index in [-0.39, 0.29) is 11.8 Å². The van der Waals surface area contributed by atoms with Gasteiger partial charge in [0.1, 0.15) is 18.5 Å². The van der Waals surface area contributed by atoms with E-state index >= 15 is 0 Å². The molecule has 12 heteroatoms. The molecule has 0 unspecified atom stereocenters. The lowest BCUT2D eigenvalue weighted by Crippen LogP contribution is -2.46. The van der Waals surface area contributed by atoms with E-state index in [9.17, 15) is 4.79 Å². The van der Waals surface area contributed by atoms with E-state index in [0.717, 1.165) is 54.3 Å². The molecule has 2 aromatic heterocycles. The molecule has 3 aromatic carbocycles. The first kappa shape index (κ1) is 29.7. The molecule has 5 aromatic rings. The molecular formula is C33H34Cl2N6O4. The van der Waals surface area contributed by atoms with E-state index in [0.29, 0.717) is 35.4 Å². The monoisotopic (exact) mass is 648 g/mol. The van der Waals surface area contributed by atoms with Crippen molar-refractivity contribution in [3.05, 3.63) is 105 Å². The van der Waals surface area contributed by atoms with Crippen LogP contribution in [0, 0.1) is 0 Å². The summed E-state index contributed by atoms with van der Waals surface area (Å²) >= 11 is 12.8. The highest BCUT2D eigenvalue weighted by Gasteiger charge is 2.45. The Kier molecular flexibility index (Phi) is 7.99. The molecule has 2 aliphatic heterocycles. The maximum absolute atomic E-state index is 12.3. The minimum atomic E-state index is -1.09. The van der Waals surface area contributed by atoms with Crippen LogP contribution in [0.4, 0.5) is 11.4 Å². The molecule has 0 saturated carbocycles. The molecule has 2 fully saturated rings. The number of imidazole rings is 2. The first-order valence-corrected chi connectivity index (χ1v) is 15.7. The third-order valence-corrected chi connectivity index (χ3v) is 9.24. The fraction of sp³-hybridized carbons (Fsp3) is 0.333. The SMILES string of the molecule is Cn1c(=O)n(C)c2cc(N3CCN(c4ccc(OC[C@H]5CO[C@@](Cn6ccnc6)(c6ccc(Cl)cc6Cl)O5)cc4)CC3)ccc21. The van der Waals surface area contributed by atoms with E-state index in [2.05, 4.69) is 39.0 Å². The number of ether oxygens (including phenoxy) is 3. The predicted molar refractivity (Wildman–Crippen MR) is 176 cm³/mol. The van der Waals surface area contributed by atoms with Crippen LogP contribution >= 0.6 is 23.2 Å². The third-order valence-electron chi connectivity index (χ3n) is 8.69. The van der Waals surface area contributed by atoms with Crippen molar-refractivity contribution in [1.29, 1.82) is 0 Å². The largest absolute Gasteiger partial charge is 0.491 e. The molecule has 0 amide bonds. The van der Waals surface area contributed by atoms with Crippen LogP contribution in [0.1, 0.15) is 5.56 Å². The standard InChI is InChI=1S/C33H34Cl2N6O4/c1-37-30-10-6-25(18-31(30)38(2)32(37)42)41-15-13-40(14-16-41)24-4-7-26(8-5-24)43-19-27-20-44-33(45-27,21-39-12-11-36-22-39)28-9-3-23(34)17-29(28)35/h3-12,17-18,22,27H,13-16,19-21H2,1-2H3/t27-,33+/m0/s1. The van der Waals surface area contributed by atoms with Crippen LogP contribution in [0.5, 0.6) is 5.75 Å². The number of nitrogens with zero attached hydrogens (tertiary/aromatic N) is 6. The number of hydrogen-bond acceptors (Lipinski definition) is 7. The van der Waals surface area contributed by atoms with Crippen LogP contribution < -0.4 is 20.2 Å². The number of fused-ring (bicyclic) bond motifs is 1. The molecule has 45 heavy (non-hydrogen) atoms. The van der Waals surface area contributed by atoms with Gasteiger partial charge in [0.2, 0.25) is 5.79 Å². The number of piperazine rings is 1. The van der Waals surface area contributed by atoms with E-state index < -0.39 is 5.79 Å². The van der Waals surface area contributed by atoms with Crippen LogP contribution in [0.3, 0.4) is 0 Å². The fourth-order valence-corrected chi connectivity index (χ4v) is 6.78. The Labute approximate surface area is 270 Å². The summed E-state index contributed by atoms with van der Waals surface area (Å²) in [6.07, 6.45) is 4.99. The zero-order valence-electron chi connectivity index (χ0n) is 25.1. The average molecular weight is 650 g/mol. The fourth-order valence-electron chi connectivity index (χ4n) is 6.23. The van der Waals surface area contributed by atoms with Crippen molar-refractivity contribution in [1.82, 2.24) is 18.7 Å². The van der Waals surface area contributed by atoms with Gasteiger partial charge >= 0.3 is 5.69 Å². The summed E-state index contributed by atoms with van der Waals surface area (Å²) in [4.78, 5) is 21.2. The highest BCUT2D eigenvalue weighted by atomic mass is 35.5. The Morgan fingerprint density at radius 2 is 1.62 bits per heavy atom. The summed E-state index contributed by atoms with van der Waals surface area (Å²) in [5, 5.41) is 1.02. The van der Waals surface area contributed by atoms with Gasteiger partial charge in [-0.05, 0) is 54.6 Å². The first-order chi connectivity index (χ1) is 21.8. The second-order valence-corrected chi connectivity index (χ2v) is 12.4. The van der Waals surface area contributed by atoms with Gasteiger partial charge in [0.15, 0.2) is 0 Å². The zero-order valence-corrected chi connectivity index (χ0v) is 26.6. The molecular weight excluding hydrogens is 615 g/mol. The Bertz CT molecular complexity index is 1860. The molecule has 10 nitrogen and oxygen atoms in total. The van der Waals surface area contributed by atoms with Gasteiger partial charge < -0.3 is 28.6 Å². The van der Waals surface area contributed by atoms with Crippen LogP contribution in [0.25, 0.3) is 11.0 Å². The smallest absolute Gasteiger partial charge is 0.328 e. The molecule has 4 heterocycles. The minimum Gasteiger partial charge on any atom is -0.491 e. The summed E-state index contributed by atoms with van der Waals surface area (Å²) in [6, 6.07) is 19.8. The van der Waals surface area contributed by atoms with Gasteiger partial charge in [-0.15, -0.1) is 0 Å². The van der Waals surface area contributed by atoms with E-state index in [1.165, 1.54) is 0 Å². The van der Waals surface area contributed by atoms with Gasteiger partial charge in [-0.2, -0.15) is 0 Å². The van der Waals surface area contributed by atoms with Gasteiger partial charge in [0, 0.05) is 74.6 Å². The second kappa shape index (κ2) is 12.1. The highest BCUT2D eigenvalue weighted by Crippen LogP contribution is 2.40. The second-order valence-electron chi connectivity index (χ2n) is 11.5. The lowest BCUT2D eigenvalue weighted by Gasteiger charge is -2.37. The van der Waals surface area contributed by atoms with Crippen LogP contribution in [0.2, 0.25) is 10.0 Å². The molecule has 234 valence electrons. The Hall–Kier alpha value is -3.96. The topological polar surface area (TPSA) is 78.9 Å². The van der Waals surface area contributed by atoms with Gasteiger partial charge in [-0.3, -0.25) is 9.13 Å². The van der Waals surface area contributed by atoms with Crippen molar-refractivity contribution in [3.63, 3.8) is 0 Å². The average Bonchev–Trinajstić information content (AvgIpc) is 3.77. The van der Waals surface area contributed by atoms with Crippen molar-refractivity contribution >= 4 is 45.6 Å². The minimum absolute atomic E-state index is 0.00920. The number of rotatable bonds is 8. The summed E-state index contributed by atoms with van der Waals surface area (Å²) in [5.41, 5.74) is 4.88. The van der Waals surface area contributed by atoms with Crippen LogP contribution in [-0.4, -0.2) is 64.2 Å². The summed E-state index contributed by atoms with van der Waals surface area (Å²) in [7, 11) is 3.63. The summed E-state index contributed by atoms with van der Waals surface area (Å²) in [6.45, 7) is 4.63. The summed E-state index contributed by atoms with van der Waals surface area (Å²) < 4.78 is 24.2. The van der Waals surface area contributed by atoms with Crippen LogP contribution in [0.15, 0.2) is 84.2 Å². The summed E-state index contributed by atoms with van der Waals surface area (Å²) in [5.74, 6) is -0.328. The normalized spacial score (nSPS) is 20.3. The van der Waals surface area contributed by atoms with Crippen molar-refractivity contribution in [2.24, 2.45) is 14.1 Å². The number of hydrogen-bond donors (Lipinski definition) is 0. The molecule has 2 aliphatic rings. The van der Waals surface area contributed by atoms with E-state index in [1.807, 2.05) is 49.1 Å². The molecule has 7 rings (SSSR count). The zero-order chi connectivity index (χ0) is 31.1. The molecule has 0 aliphatic carbocycles. The number of anilines is 2. The van der Waals surface area contributed by atoms with Crippen molar-refractivity contribution in [2.75, 3.05) is 49.2 Å². The highest BCUT2D eigenvalue weighted by molar-refractivity contribution is 6.35. The molecule has 2 saturated heterocycles. The van der Waals surface area contributed by atoms with Gasteiger partial charge in [-0.1, -0.05) is 29.3 Å². The van der Waals surface area contributed by atoms with Gasteiger partial charge in [0.05, 0.1) is 35.5 Å². The maximum Gasteiger partial charge on any atom is 0.328 e. The third kappa shape index (κ3) is 5.79. The van der Waals surface area contributed by atoms with E-state index in [1.54, 1.807) is 33.8 Å². The molecule has 0 bridgehead atoms. The van der Waals surface area contributed by atoms with Crippen molar-refractivity contribution in [3.8, 4) is 5.75 Å². The number of aryl methyl sites for hydroxylation is 2. The van der Waals surface area contributed by atoms with Gasteiger partial charge in [-0.25, -0.2) is 9.78 Å². The maximum atomic E-state index is 12.3. The van der Waals surface area contributed by atoms with Crippen LogP contribution in [-0.2, 0) is 35.9 Å². The molecule has 2 atom stereocenters. The van der Waals surface area contributed by atoms with E-state index in [4.69, 9.17) is 37.4 Å². The lowest BCUT2D eigenvalue weighted by molar-refractivity contribution is -0.189. The molecule has 0 N–H and O–H groups in total. The Morgan fingerprint density at radius 1 is 0.911 bits per heavy atom.